The lowest BCUT2D eigenvalue weighted by Gasteiger charge is -2.27. The molecular formula is C18H15N5O3. The zero-order valence-electron chi connectivity index (χ0n) is 13.8. The Kier molecular flexibility index (Phi) is 3.42. The van der Waals surface area contributed by atoms with Gasteiger partial charge in [-0.05, 0) is 6.07 Å². The molecule has 1 fully saturated rings. The highest BCUT2D eigenvalue weighted by Gasteiger charge is 2.22. The van der Waals surface area contributed by atoms with E-state index in [1.54, 1.807) is 12.3 Å². The number of ether oxygens (including phenoxy) is 1. The van der Waals surface area contributed by atoms with Gasteiger partial charge in [-0.3, -0.25) is 9.89 Å². The molecule has 3 aromatic heterocycles. The molecule has 0 atom stereocenters. The van der Waals surface area contributed by atoms with E-state index in [0.29, 0.717) is 55.3 Å². The first-order chi connectivity index (χ1) is 12.8. The summed E-state index contributed by atoms with van der Waals surface area (Å²) in [6, 6.07) is 7.50. The van der Waals surface area contributed by atoms with E-state index in [1.807, 2.05) is 18.2 Å². The van der Waals surface area contributed by atoms with Crippen LogP contribution in [-0.2, 0) is 4.74 Å². The Morgan fingerprint density at radius 2 is 2.08 bits per heavy atom. The van der Waals surface area contributed by atoms with Gasteiger partial charge in [0, 0.05) is 30.1 Å². The second kappa shape index (κ2) is 5.92. The smallest absolute Gasteiger partial charge is 0.195 e. The average Bonchev–Trinajstić information content (AvgIpc) is 3.34. The highest BCUT2D eigenvalue weighted by Crippen LogP contribution is 2.32. The van der Waals surface area contributed by atoms with Crippen LogP contribution >= 0.6 is 0 Å². The maximum Gasteiger partial charge on any atom is 0.195 e. The molecule has 0 bridgehead atoms. The number of aldehydes is 1. The molecule has 1 aliphatic heterocycles. The summed E-state index contributed by atoms with van der Waals surface area (Å²) in [5, 5.41) is 8.01. The van der Waals surface area contributed by atoms with Crippen molar-refractivity contribution in [3.05, 3.63) is 36.2 Å². The second-order valence-electron chi connectivity index (χ2n) is 6.09. The summed E-state index contributed by atoms with van der Waals surface area (Å²) in [7, 11) is 0. The highest BCUT2D eigenvalue weighted by atomic mass is 16.5. The van der Waals surface area contributed by atoms with Crippen LogP contribution in [-0.4, -0.2) is 52.8 Å². The lowest BCUT2D eigenvalue weighted by molar-refractivity contribution is 0.110. The third-order valence-electron chi connectivity index (χ3n) is 4.53. The van der Waals surface area contributed by atoms with Gasteiger partial charge in [0.05, 0.1) is 24.9 Å². The molecule has 8 nitrogen and oxygen atoms in total. The topological polar surface area (TPSA) is 97.1 Å². The molecular weight excluding hydrogens is 334 g/mol. The van der Waals surface area contributed by atoms with Crippen molar-refractivity contribution in [2.24, 2.45) is 0 Å². The van der Waals surface area contributed by atoms with E-state index < -0.39 is 0 Å². The van der Waals surface area contributed by atoms with Gasteiger partial charge in [-0.25, -0.2) is 9.97 Å². The number of fused-ring (bicyclic) bond motifs is 2. The van der Waals surface area contributed by atoms with Crippen LogP contribution in [0.4, 0.5) is 5.82 Å². The van der Waals surface area contributed by atoms with Crippen molar-refractivity contribution in [2.45, 2.75) is 0 Å². The van der Waals surface area contributed by atoms with Gasteiger partial charge in [0.25, 0.3) is 0 Å². The summed E-state index contributed by atoms with van der Waals surface area (Å²) in [6.07, 6.45) is 2.44. The second-order valence-corrected chi connectivity index (χ2v) is 6.09. The highest BCUT2D eigenvalue weighted by molar-refractivity contribution is 5.95. The molecule has 26 heavy (non-hydrogen) atoms. The Balaban J connectivity index is 1.75. The fourth-order valence-electron chi connectivity index (χ4n) is 3.26. The Labute approximate surface area is 147 Å². The molecule has 0 saturated carbocycles. The molecule has 0 radical (unpaired) electrons. The van der Waals surface area contributed by atoms with Crippen molar-refractivity contribution < 1.29 is 13.9 Å². The van der Waals surface area contributed by atoms with Gasteiger partial charge in [-0.2, -0.15) is 5.10 Å². The normalized spacial score (nSPS) is 15.0. The lowest BCUT2D eigenvalue weighted by atomic mass is 10.1. The van der Waals surface area contributed by atoms with Crippen LogP contribution in [0.15, 0.2) is 34.9 Å². The SMILES string of the molecule is O=Cc1cc2nc(-c3cccc4[nH]ncc34)nc(N3CCOCC3)c2o1. The Morgan fingerprint density at radius 1 is 1.19 bits per heavy atom. The van der Waals surface area contributed by atoms with E-state index >= 15 is 0 Å². The Morgan fingerprint density at radius 3 is 2.92 bits per heavy atom. The number of benzene rings is 1. The van der Waals surface area contributed by atoms with Crippen molar-refractivity contribution in [1.82, 2.24) is 20.2 Å². The third-order valence-corrected chi connectivity index (χ3v) is 4.53. The number of aromatic amines is 1. The van der Waals surface area contributed by atoms with Gasteiger partial charge in [-0.15, -0.1) is 0 Å². The number of nitrogens with zero attached hydrogens (tertiary/aromatic N) is 4. The van der Waals surface area contributed by atoms with Crippen molar-refractivity contribution >= 4 is 34.1 Å². The molecule has 1 aromatic carbocycles. The molecule has 0 aliphatic carbocycles. The molecule has 1 aliphatic rings. The maximum absolute atomic E-state index is 11.2. The number of carbonyl (C=O) groups excluding carboxylic acids is 1. The number of H-pyrrole nitrogens is 1. The number of hydrogen-bond acceptors (Lipinski definition) is 7. The first-order valence-electron chi connectivity index (χ1n) is 8.35. The number of anilines is 1. The van der Waals surface area contributed by atoms with Gasteiger partial charge >= 0.3 is 0 Å². The summed E-state index contributed by atoms with van der Waals surface area (Å²) >= 11 is 0. The summed E-state index contributed by atoms with van der Waals surface area (Å²) < 4.78 is 11.1. The molecule has 0 spiro atoms. The van der Waals surface area contributed by atoms with Crippen molar-refractivity contribution in [3.8, 4) is 11.4 Å². The van der Waals surface area contributed by atoms with Crippen LogP contribution in [0.2, 0.25) is 0 Å². The van der Waals surface area contributed by atoms with E-state index in [2.05, 4.69) is 20.1 Å². The van der Waals surface area contributed by atoms with Gasteiger partial charge in [0.15, 0.2) is 29.3 Å². The number of aromatic nitrogens is 4. The average molecular weight is 349 g/mol. The number of nitrogens with one attached hydrogen (secondary N) is 1. The fourth-order valence-corrected chi connectivity index (χ4v) is 3.26. The third kappa shape index (κ3) is 2.34. The molecule has 8 heteroatoms. The van der Waals surface area contributed by atoms with Gasteiger partial charge in [0.2, 0.25) is 0 Å². The summed E-state index contributed by atoms with van der Waals surface area (Å²) in [6.45, 7) is 2.66. The van der Waals surface area contributed by atoms with Gasteiger partial charge < -0.3 is 14.1 Å². The van der Waals surface area contributed by atoms with Crippen LogP contribution in [0.25, 0.3) is 33.4 Å². The van der Waals surface area contributed by atoms with Crippen LogP contribution in [0.3, 0.4) is 0 Å². The minimum Gasteiger partial charge on any atom is -0.448 e. The molecule has 0 unspecified atom stereocenters. The monoisotopic (exact) mass is 349 g/mol. The van der Waals surface area contributed by atoms with Gasteiger partial charge in [-0.1, -0.05) is 12.1 Å². The predicted molar refractivity (Wildman–Crippen MR) is 95.3 cm³/mol. The number of furan rings is 1. The van der Waals surface area contributed by atoms with E-state index in [-0.39, 0.29) is 5.76 Å². The van der Waals surface area contributed by atoms with E-state index in [9.17, 15) is 4.79 Å². The van der Waals surface area contributed by atoms with E-state index in [1.165, 1.54) is 0 Å². The molecule has 4 aromatic rings. The van der Waals surface area contributed by atoms with Crippen LogP contribution < -0.4 is 4.90 Å². The quantitative estimate of drug-likeness (QED) is 0.567. The predicted octanol–water partition coefficient (Wildman–Crippen LogP) is 2.42. The minimum atomic E-state index is 0.238. The zero-order valence-corrected chi connectivity index (χ0v) is 13.8. The number of rotatable bonds is 3. The number of morpholine rings is 1. The molecule has 4 heterocycles. The Bertz CT molecular complexity index is 1110. The molecule has 1 N–H and O–H groups in total. The zero-order chi connectivity index (χ0) is 17.5. The molecule has 1 saturated heterocycles. The number of carbonyl (C=O) groups is 1. The Hall–Kier alpha value is -3.26. The first kappa shape index (κ1) is 15.0. The van der Waals surface area contributed by atoms with Crippen LogP contribution in [0, 0.1) is 0 Å². The van der Waals surface area contributed by atoms with E-state index in [0.717, 1.165) is 16.5 Å². The van der Waals surface area contributed by atoms with Crippen molar-refractivity contribution in [2.75, 3.05) is 31.2 Å². The summed E-state index contributed by atoms with van der Waals surface area (Å²) in [5.74, 6) is 1.49. The molecule has 5 rings (SSSR count). The number of hydrogen-bond donors (Lipinski definition) is 1. The largest absolute Gasteiger partial charge is 0.448 e. The standard InChI is InChI=1S/C18H15N5O3/c24-10-11-8-15-16(26-11)18(23-4-6-25-7-5-23)21-17(20-15)12-2-1-3-14-13(12)9-19-22-14/h1-3,8-10H,4-7H2,(H,19,22). The fraction of sp³-hybridized carbons (Fsp3) is 0.222. The van der Waals surface area contributed by atoms with Crippen molar-refractivity contribution in [1.29, 1.82) is 0 Å². The van der Waals surface area contributed by atoms with Crippen LogP contribution in [0.1, 0.15) is 10.6 Å². The van der Waals surface area contributed by atoms with Crippen molar-refractivity contribution in [3.63, 3.8) is 0 Å². The minimum absolute atomic E-state index is 0.238. The lowest BCUT2D eigenvalue weighted by Crippen LogP contribution is -2.37. The molecule has 0 amide bonds. The molecule has 130 valence electrons. The summed E-state index contributed by atoms with van der Waals surface area (Å²) in [4.78, 5) is 22.7. The maximum atomic E-state index is 11.2. The summed E-state index contributed by atoms with van der Waals surface area (Å²) in [5.41, 5.74) is 2.93. The van der Waals surface area contributed by atoms with Gasteiger partial charge in [0.1, 0.15) is 5.52 Å². The van der Waals surface area contributed by atoms with Crippen LogP contribution in [0.5, 0.6) is 0 Å². The van der Waals surface area contributed by atoms with E-state index in [4.69, 9.17) is 14.1 Å². The first-order valence-corrected chi connectivity index (χ1v) is 8.35.